The maximum Gasteiger partial charge on any atom is 0.0675 e. The van der Waals surface area contributed by atoms with Gasteiger partial charge in [0.15, 0.2) is 0 Å². The fraction of sp³-hybridized carbons (Fsp3) is 0.364. The predicted octanol–water partition coefficient (Wildman–Crippen LogP) is 1.44. The molecule has 15 heavy (non-hydrogen) atoms. The molecule has 4 nitrogen and oxygen atoms in total. The van der Waals surface area contributed by atoms with Crippen molar-refractivity contribution in [2.75, 3.05) is 7.05 Å². The fourth-order valence-corrected chi connectivity index (χ4v) is 1.93. The Labute approximate surface area is 89.3 Å². The Morgan fingerprint density at radius 1 is 1.53 bits per heavy atom. The summed E-state index contributed by atoms with van der Waals surface area (Å²) in [6.07, 6.45) is 3.94. The average molecular weight is 204 g/mol. The minimum absolute atomic E-state index is 0.831. The van der Waals surface area contributed by atoms with Gasteiger partial charge >= 0.3 is 0 Å². The largest absolute Gasteiger partial charge is 0.367 e. The lowest BCUT2D eigenvalue weighted by Gasteiger charge is -2.04. The number of hydrogen-bond acceptors (Lipinski definition) is 2. The first-order chi connectivity index (χ1) is 7.24. The molecule has 0 saturated carbocycles. The first kappa shape index (κ1) is 9.98. The molecule has 0 unspecified atom stereocenters. The van der Waals surface area contributed by atoms with E-state index in [1.165, 1.54) is 16.8 Å². The van der Waals surface area contributed by atoms with Gasteiger partial charge < -0.3 is 10.3 Å². The van der Waals surface area contributed by atoms with Crippen LogP contribution >= 0.6 is 0 Å². The molecule has 80 valence electrons. The normalized spacial score (nSPS) is 10.9. The van der Waals surface area contributed by atoms with Gasteiger partial charge in [0, 0.05) is 37.1 Å². The third kappa shape index (κ3) is 1.68. The van der Waals surface area contributed by atoms with Gasteiger partial charge in [-0.25, -0.2) is 0 Å². The molecule has 2 heterocycles. The van der Waals surface area contributed by atoms with Crippen LogP contribution in [0.3, 0.4) is 0 Å². The van der Waals surface area contributed by atoms with Gasteiger partial charge in [0.2, 0.25) is 0 Å². The number of H-pyrrole nitrogens is 1. The molecule has 0 aromatic carbocycles. The molecule has 0 spiro atoms. The molecule has 0 saturated heterocycles. The van der Waals surface area contributed by atoms with Gasteiger partial charge in [-0.05, 0) is 20.0 Å². The maximum atomic E-state index is 4.45. The van der Waals surface area contributed by atoms with Gasteiger partial charge in [-0.15, -0.1) is 0 Å². The van der Waals surface area contributed by atoms with Crippen LogP contribution in [-0.4, -0.2) is 21.8 Å². The lowest BCUT2D eigenvalue weighted by atomic mass is 10.1. The van der Waals surface area contributed by atoms with E-state index >= 15 is 0 Å². The van der Waals surface area contributed by atoms with E-state index in [0.717, 1.165) is 12.2 Å². The molecule has 0 aliphatic heterocycles. The van der Waals surface area contributed by atoms with Crippen LogP contribution < -0.4 is 5.32 Å². The maximum absolute atomic E-state index is 4.45. The highest BCUT2D eigenvalue weighted by molar-refractivity contribution is 5.68. The van der Waals surface area contributed by atoms with Gasteiger partial charge in [-0.1, -0.05) is 0 Å². The third-order valence-electron chi connectivity index (χ3n) is 2.57. The Hall–Kier alpha value is -1.55. The van der Waals surface area contributed by atoms with Crippen LogP contribution in [0.5, 0.6) is 0 Å². The number of nitrogens with zero attached hydrogens (tertiary/aromatic N) is 2. The van der Waals surface area contributed by atoms with Crippen molar-refractivity contribution in [1.82, 2.24) is 20.1 Å². The van der Waals surface area contributed by atoms with E-state index in [9.17, 15) is 0 Å². The Bertz CT molecular complexity index is 439. The molecule has 0 fully saturated rings. The summed E-state index contributed by atoms with van der Waals surface area (Å²) in [5.74, 6) is 0. The van der Waals surface area contributed by atoms with Crippen molar-refractivity contribution in [3.05, 3.63) is 29.8 Å². The molecule has 2 N–H and O–H groups in total. The molecule has 0 atom stereocenters. The highest BCUT2D eigenvalue weighted by atomic mass is 15.3. The summed E-state index contributed by atoms with van der Waals surface area (Å²) in [5, 5.41) is 7.62. The Morgan fingerprint density at radius 2 is 2.33 bits per heavy atom. The zero-order chi connectivity index (χ0) is 10.8. The van der Waals surface area contributed by atoms with Crippen LogP contribution in [0.2, 0.25) is 0 Å². The molecular formula is C11H16N4. The molecule has 0 bridgehead atoms. The average Bonchev–Trinajstić information content (AvgIpc) is 2.77. The van der Waals surface area contributed by atoms with Crippen molar-refractivity contribution in [3.8, 4) is 11.1 Å². The smallest absolute Gasteiger partial charge is 0.0675 e. The predicted molar refractivity (Wildman–Crippen MR) is 60.5 cm³/mol. The molecule has 0 amide bonds. The van der Waals surface area contributed by atoms with Crippen molar-refractivity contribution in [1.29, 1.82) is 0 Å². The lowest BCUT2D eigenvalue weighted by molar-refractivity contribution is 0.669. The molecule has 2 rings (SSSR count). The van der Waals surface area contributed by atoms with E-state index in [0.29, 0.717) is 0 Å². The number of aryl methyl sites for hydroxylation is 2. The van der Waals surface area contributed by atoms with Gasteiger partial charge in [-0.3, -0.25) is 4.68 Å². The summed E-state index contributed by atoms with van der Waals surface area (Å²) in [5.41, 5.74) is 4.72. The highest BCUT2D eigenvalue weighted by Gasteiger charge is 2.14. The minimum Gasteiger partial charge on any atom is -0.367 e. The fourth-order valence-electron chi connectivity index (χ4n) is 1.93. The van der Waals surface area contributed by atoms with E-state index in [4.69, 9.17) is 0 Å². The zero-order valence-corrected chi connectivity index (χ0v) is 9.33. The standard InChI is InChI=1S/C11H16N4/c1-8-11(9-4-5-13-6-9)10(7-12-2)15(3)14-8/h4-6,12-13H,7H2,1-3H3. The Balaban J connectivity index is 2.54. The van der Waals surface area contributed by atoms with Crippen molar-refractivity contribution < 1.29 is 0 Å². The molecular weight excluding hydrogens is 188 g/mol. The summed E-state index contributed by atoms with van der Waals surface area (Å²) in [7, 11) is 3.93. The summed E-state index contributed by atoms with van der Waals surface area (Å²) < 4.78 is 1.94. The summed E-state index contributed by atoms with van der Waals surface area (Å²) in [6, 6.07) is 2.07. The van der Waals surface area contributed by atoms with E-state index in [1.54, 1.807) is 0 Å². The molecule has 0 aliphatic carbocycles. The molecule has 4 heteroatoms. The van der Waals surface area contributed by atoms with E-state index in [-0.39, 0.29) is 0 Å². The van der Waals surface area contributed by atoms with Crippen LogP contribution in [0.4, 0.5) is 0 Å². The molecule has 2 aromatic rings. The summed E-state index contributed by atoms with van der Waals surface area (Å²) in [4.78, 5) is 3.08. The topological polar surface area (TPSA) is 45.6 Å². The summed E-state index contributed by atoms with van der Waals surface area (Å²) in [6.45, 7) is 2.87. The molecule has 0 aliphatic rings. The highest BCUT2D eigenvalue weighted by Crippen LogP contribution is 2.26. The molecule has 2 aromatic heterocycles. The van der Waals surface area contributed by atoms with Gasteiger partial charge in [-0.2, -0.15) is 5.10 Å². The number of nitrogens with one attached hydrogen (secondary N) is 2. The quantitative estimate of drug-likeness (QED) is 0.794. The van der Waals surface area contributed by atoms with Gasteiger partial charge in [0.1, 0.15) is 0 Å². The number of hydrogen-bond donors (Lipinski definition) is 2. The van der Waals surface area contributed by atoms with Crippen molar-refractivity contribution in [3.63, 3.8) is 0 Å². The van der Waals surface area contributed by atoms with Crippen molar-refractivity contribution >= 4 is 0 Å². The SMILES string of the molecule is CNCc1c(-c2cc[nH]c2)c(C)nn1C. The van der Waals surface area contributed by atoms with E-state index in [2.05, 4.69) is 21.5 Å². The van der Waals surface area contributed by atoms with Crippen LogP contribution in [0.15, 0.2) is 18.5 Å². The second-order valence-corrected chi connectivity index (χ2v) is 3.66. The Morgan fingerprint density at radius 3 is 2.93 bits per heavy atom. The van der Waals surface area contributed by atoms with Crippen LogP contribution in [0.1, 0.15) is 11.4 Å². The zero-order valence-electron chi connectivity index (χ0n) is 9.33. The third-order valence-corrected chi connectivity index (χ3v) is 2.57. The van der Waals surface area contributed by atoms with Gasteiger partial charge in [0.25, 0.3) is 0 Å². The van der Waals surface area contributed by atoms with Crippen LogP contribution in [-0.2, 0) is 13.6 Å². The van der Waals surface area contributed by atoms with Gasteiger partial charge in [0.05, 0.1) is 11.4 Å². The second kappa shape index (κ2) is 3.90. The minimum atomic E-state index is 0.831. The first-order valence-electron chi connectivity index (χ1n) is 5.04. The number of aromatic nitrogens is 3. The first-order valence-corrected chi connectivity index (χ1v) is 5.04. The summed E-state index contributed by atoms with van der Waals surface area (Å²) >= 11 is 0. The number of aromatic amines is 1. The second-order valence-electron chi connectivity index (χ2n) is 3.66. The monoisotopic (exact) mass is 204 g/mol. The van der Waals surface area contributed by atoms with Crippen LogP contribution in [0, 0.1) is 6.92 Å². The molecule has 0 radical (unpaired) electrons. The lowest BCUT2D eigenvalue weighted by Crippen LogP contribution is -2.10. The Kier molecular flexibility index (Phi) is 2.60. The van der Waals surface area contributed by atoms with Crippen molar-refractivity contribution in [2.45, 2.75) is 13.5 Å². The van der Waals surface area contributed by atoms with E-state index < -0.39 is 0 Å². The van der Waals surface area contributed by atoms with Crippen molar-refractivity contribution in [2.24, 2.45) is 7.05 Å². The number of rotatable bonds is 3. The van der Waals surface area contributed by atoms with Crippen LogP contribution in [0.25, 0.3) is 11.1 Å². The van der Waals surface area contributed by atoms with E-state index in [1.807, 2.05) is 38.1 Å².